The van der Waals surface area contributed by atoms with Gasteiger partial charge in [-0.1, -0.05) is 31.4 Å². The van der Waals surface area contributed by atoms with Crippen LogP contribution >= 0.6 is 24.0 Å². The Morgan fingerprint density at radius 1 is 1.25 bits per heavy atom. The highest BCUT2D eigenvalue weighted by Gasteiger charge is 2.15. The summed E-state index contributed by atoms with van der Waals surface area (Å²) in [4.78, 5) is 14.8. The van der Waals surface area contributed by atoms with Crippen molar-refractivity contribution in [3.05, 3.63) is 28.3 Å². The number of halogens is 2. The van der Waals surface area contributed by atoms with Gasteiger partial charge in [0.2, 0.25) is 0 Å². The molecule has 1 aromatic carbocycles. The number of likely N-dealkylation sites (tertiary alicyclic amines) is 1. The second-order valence-electron chi connectivity index (χ2n) is 6.38. The fourth-order valence-electron chi connectivity index (χ4n) is 2.98. The molecule has 0 radical (unpaired) electrons. The lowest BCUT2D eigenvalue weighted by Crippen LogP contribution is -2.31. The average molecular weight is 374 g/mol. The highest BCUT2D eigenvalue weighted by molar-refractivity contribution is 6.32. The third-order valence-corrected chi connectivity index (χ3v) is 4.68. The number of hydrogen-bond acceptors (Lipinski definition) is 3. The number of aryl methyl sites for hydroxylation is 1. The molecule has 0 bridgehead atoms. The Hall–Kier alpha value is -0.770. The van der Waals surface area contributed by atoms with Gasteiger partial charge in [0.15, 0.2) is 5.78 Å². The van der Waals surface area contributed by atoms with Crippen LogP contribution in [0.5, 0.6) is 5.75 Å². The maximum atomic E-state index is 12.4. The molecule has 0 saturated carbocycles. The van der Waals surface area contributed by atoms with Crippen molar-refractivity contribution in [2.75, 3.05) is 26.2 Å². The third-order valence-electron chi connectivity index (χ3n) is 4.40. The Bertz CT molecular complexity index is 505. The second kappa shape index (κ2) is 11.0. The number of unbranched alkanes of at least 4 members (excludes halogenated alkanes) is 1. The van der Waals surface area contributed by atoms with Crippen LogP contribution in [0.4, 0.5) is 0 Å². The summed E-state index contributed by atoms with van der Waals surface area (Å²) in [5.74, 6) is 0.883. The van der Waals surface area contributed by atoms with E-state index < -0.39 is 0 Å². The minimum absolute atomic E-state index is 0. The predicted molar refractivity (Wildman–Crippen MR) is 103 cm³/mol. The Morgan fingerprint density at radius 3 is 2.58 bits per heavy atom. The van der Waals surface area contributed by atoms with Gasteiger partial charge >= 0.3 is 0 Å². The molecule has 0 amide bonds. The van der Waals surface area contributed by atoms with E-state index in [9.17, 15) is 4.79 Å². The molecular weight excluding hydrogens is 345 g/mol. The van der Waals surface area contributed by atoms with Crippen LogP contribution in [0, 0.1) is 6.92 Å². The van der Waals surface area contributed by atoms with Crippen molar-refractivity contribution in [2.24, 2.45) is 0 Å². The summed E-state index contributed by atoms with van der Waals surface area (Å²) >= 11 is 6.32. The van der Waals surface area contributed by atoms with Crippen molar-refractivity contribution in [3.8, 4) is 5.75 Å². The molecule has 0 N–H and O–H groups in total. The molecular formula is C19H29Cl2NO2. The van der Waals surface area contributed by atoms with Gasteiger partial charge in [-0.3, -0.25) is 4.79 Å². The molecule has 1 aromatic rings. The summed E-state index contributed by atoms with van der Waals surface area (Å²) in [6, 6.07) is 3.67. The average Bonchev–Trinajstić information content (AvgIpc) is 2.56. The van der Waals surface area contributed by atoms with E-state index in [4.69, 9.17) is 16.3 Å². The lowest BCUT2D eigenvalue weighted by atomic mass is 10.0. The van der Waals surface area contributed by atoms with Crippen molar-refractivity contribution >= 4 is 29.8 Å². The van der Waals surface area contributed by atoms with E-state index in [-0.39, 0.29) is 18.2 Å². The Morgan fingerprint density at radius 2 is 1.96 bits per heavy atom. The molecule has 136 valence electrons. The number of carbonyl (C=O) groups is 1. The first kappa shape index (κ1) is 21.3. The van der Waals surface area contributed by atoms with Crippen LogP contribution in [-0.2, 0) is 0 Å². The first-order chi connectivity index (χ1) is 11.1. The number of piperidine rings is 1. The van der Waals surface area contributed by atoms with Gasteiger partial charge in [-0.15, -0.1) is 12.4 Å². The number of ketones is 1. The third kappa shape index (κ3) is 6.27. The standard InChI is InChI=1S/C19H28ClNO2.ClH/c1-3-4-12-23-19-15(2)13-16(14-17(19)20)18(22)8-11-21-9-6-5-7-10-21;/h13-14H,3-12H2,1-2H3;1H. The van der Waals surface area contributed by atoms with Gasteiger partial charge in [-0.05, 0) is 57.0 Å². The number of rotatable bonds is 8. The van der Waals surface area contributed by atoms with E-state index in [2.05, 4.69) is 11.8 Å². The van der Waals surface area contributed by atoms with Gasteiger partial charge in [0.25, 0.3) is 0 Å². The van der Waals surface area contributed by atoms with Crippen LogP contribution in [0.1, 0.15) is 61.4 Å². The SMILES string of the molecule is CCCCOc1c(C)cc(C(=O)CCN2CCCCC2)cc1Cl.Cl. The molecule has 0 aliphatic carbocycles. The Kier molecular flexibility index (Phi) is 9.72. The van der Waals surface area contributed by atoms with Crippen molar-refractivity contribution in [1.82, 2.24) is 4.90 Å². The van der Waals surface area contributed by atoms with E-state index in [1.807, 2.05) is 13.0 Å². The van der Waals surface area contributed by atoms with Crippen molar-refractivity contribution in [2.45, 2.75) is 52.4 Å². The quantitative estimate of drug-likeness (QED) is 0.456. The van der Waals surface area contributed by atoms with Crippen molar-refractivity contribution in [3.63, 3.8) is 0 Å². The van der Waals surface area contributed by atoms with Gasteiger partial charge in [0.1, 0.15) is 5.75 Å². The molecule has 3 nitrogen and oxygen atoms in total. The van der Waals surface area contributed by atoms with Gasteiger partial charge in [-0.2, -0.15) is 0 Å². The molecule has 1 fully saturated rings. The highest BCUT2D eigenvalue weighted by Crippen LogP contribution is 2.30. The second-order valence-corrected chi connectivity index (χ2v) is 6.79. The van der Waals surface area contributed by atoms with Gasteiger partial charge < -0.3 is 9.64 Å². The van der Waals surface area contributed by atoms with E-state index in [0.717, 1.165) is 38.0 Å². The number of Topliss-reactive ketones (excluding diaryl/α,β-unsaturated/α-hetero) is 1. The van der Waals surface area contributed by atoms with Crippen LogP contribution in [0.2, 0.25) is 5.02 Å². The number of benzene rings is 1. The van der Waals surface area contributed by atoms with Crippen LogP contribution < -0.4 is 4.74 Å². The summed E-state index contributed by atoms with van der Waals surface area (Å²) in [6.07, 6.45) is 6.48. The monoisotopic (exact) mass is 373 g/mol. The maximum absolute atomic E-state index is 12.4. The van der Waals surface area contributed by atoms with Crippen molar-refractivity contribution in [1.29, 1.82) is 0 Å². The van der Waals surface area contributed by atoms with Gasteiger partial charge in [-0.25, -0.2) is 0 Å². The van der Waals surface area contributed by atoms with Crippen LogP contribution in [0.25, 0.3) is 0 Å². The van der Waals surface area contributed by atoms with Gasteiger partial charge in [0, 0.05) is 18.5 Å². The predicted octanol–water partition coefficient (Wildman–Crippen LogP) is 5.31. The molecule has 1 aliphatic heterocycles. The molecule has 1 aliphatic rings. The maximum Gasteiger partial charge on any atom is 0.164 e. The molecule has 0 unspecified atom stereocenters. The number of ether oxygens (including phenoxy) is 1. The smallest absolute Gasteiger partial charge is 0.164 e. The normalized spacial score (nSPS) is 15.0. The molecule has 1 saturated heterocycles. The number of hydrogen-bond donors (Lipinski definition) is 0. The summed E-state index contributed by atoms with van der Waals surface area (Å²) in [5, 5.41) is 0.544. The Balaban J connectivity index is 0.00000288. The molecule has 5 heteroatoms. The molecule has 0 aromatic heterocycles. The molecule has 0 atom stereocenters. The number of nitrogens with zero attached hydrogens (tertiary/aromatic N) is 1. The zero-order valence-electron chi connectivity index (χ0n) is 14.8. The van der Waals surface area contributed by atoms with E-state index in [0.29, 0.717) is 29.4 Å². The summed E-state index contributed by atoms with van der Waals surface area (Å²) < 4.78 is 5.75. The fraction of sp³-hybridized carbons (Fsp3) is 0.632. The van der Waals surface area contributed by atoms with Crippen molar-refractivity contribution < 1.29 is 9.53 Å². The van der Waals surface area contributed by atoms with E-state index in [1.54, 1.807) is 6.07 Å². The summed E-state index contributed by atoms with van der Waals surface area (Å²) in [6.45, 7) is 7.84. The highest BCUT2D eigenvalue weighted by atomic mass is 35.5. The minimum Gasteiger partial charge on any atom is -0.492 e. The molecule has 0 spiro atoms. The van der Waals surface area contributed by atoms with Crippen LogP contribution in [-0.4, -0.2) is 36.9 Å². The molecule has 2 rings (SSSR count). The topological polar surface area (TPSA) is 29.5 Å². The van der Waals surface area contributed by atoms with Gasteiger partial charge in [0.05, 0.1) is 11.6 Å². The molecule has 1 heterocycles. The first-order valence-corrected chi connectivity index (χ1v) is 9.18. The van der Waals surface area contributed by atoms with Crippen LogP contribution in [0.15, 0.2) is 12.1 Å². The lowest BCUT2D eigenvalue weighted by Gasteiger charge is -2.26. The number of carbonyl (C=O) groups excluding carboxylic acids is 1. The fourth-order valence-corrected chi connectivity index (χ4v) is 3.30. The summed E-state index contributed by atoms with van der Waals surface area (Å²) in [5.41, 5.74) is 1.64. The summed E-state index contributed by atoms with van der Waals surface area (Å²) in [7, 11) is 0. The molecule has 24 heavy (non-hydrogen) atoms. The largest absolute Gasteiger partial charge is 0.492 e. The van der Waals surface area contributed by atoms with Crippen LogP contribution in [0.3, 0.4) is 0 Å². The Labute approximate surface area is 157 Å². The first-order valence-electron chi connectivity index (χ1n) is 8.80. The van der Waals surface area contributed by atoms with E-state index >= 15 is 0 Å². The van der Waals surface area contributed by atoms with E-state index in [1.165, 1.54) is 19.3 Å². The zero-order valence-corrected chi connectivity index (χ0v) is 16.3. The minimum atomic E-state index is 0. The lowest BCUT2D eigenvalue weighted by molar-refractivity contribution is 0.0958. The zero-order chi connectivity index (χ0) is 16.7.